The molecule has 0 spiro atoms. The first-order valence-electron chi connectivity index (χ1n) is 6.65. The maximum Gasteiger partial charge on any atom is 0.130 e. The highest BCUT2D eigenvalue weighted by Gasteiger charge is 2.12. The summed E-state index contributed by atoms with van der Waals surface area (Å²) in [4.78, 5) is 0. The molecule has 0 aliphatic rings. The quantitative estimate of drug-likeness (QED) is 0.914. The number of benzene rings is 1. The third-order valence-electron chi connectivity index (χ3n) is 3.08. The van der Waals surface area contributed by atoms with Crippen LogP contribution in [0.15, 0.2) is 24.3 Å². The van der Waals surface area contributed by atoms with E-state index in [0.29, 0.717) is 17.9 Å². The standard InChI is InChI=1S/C15H19FN2O2/c1-4-18-13(7-10(2)17-18)9-20-15-6-5-12(16)8-14(15)11(3)19/h5-8,11,19H,4,9H2,1-3H3/t11-/m1/s1. The summed E-state index contributed by atoms with van der Waals surface area (Å²) in [6.07, 6.45) is -0.779. The molecule has 0 fully saturated rings. The zero-order valence-electron chi connectivity index (χ0n) is 11.9. The molecule has 0 amide bonds. The number of aryl methyl sites for hydroxylation is 2. The molecule has 0 aliphatic heterocycles. The van der Waals surface area contributed by atoms with E-state index in [1.807, 2.05) is 24.6 Å². The molecule has 1 N–H and O–H groups in total. The molecule has 0 bridgehead atoms. The first-order valence-corrected chi connectivity index (χ1v) is 6.65. The van der Waals surface area contributed by atoms with Crippen molar-refractivity contribution in [2.24, 2.45) is 0 Å². The van der Waals surface area contributed by atoms with Gasteiger partial charge < -0.3 is 9.84 Å². The van der Waals surface area contributed by atoms with Gasteiger partial charge in [0.2, 0.25) is 0 Å². The minimum absolute atomic E-state index is 0.333. The maximum atomic E-state index is 13.2. The Morgan fingerprint density at radius 2 is 2.15 bits per heavy atom. The Kier molecular flexibility index (Phi) is 4.39. The van der Waals surface area contributed by atoms with Crippen molar-refractivity contribution in [3.8, 4) is 5.75 Å². The topological polar surface area (TPSA) is 47.3 Å². The molecule has 0 radical (unpaired) electrons. The van der Waals surface area contributed by atoms with Crippen LogP contribution in [0.25, 0.3) is 0 Å². The number of rotatable bonds is 5. The summed E-state index contributed by atoms with van der Waals surface area (Å²) in [5.74, 6) is 0.102. The van der Waals surface area contributed by atoms with Crippen LogP contribution in [0.1, 0.15) is 36.9 Å². The molecular weight excluding hydrogens is 259 g/mol. The largest absolute Gasteiger partial charge is 0.487 e. The lowest BCUT2D eigenvalue weighted by atomic mass is 10.1. The molecule has 108 valence electrons. The summed E-state index contributed by atoms with van der Waals surface area (Å²) in [6, 6.07) is 6.11. The molecule has 1 aromatic heterocycles. The highest BCUT2D eigenvalue weighted by Crippen LogP contribution is 2.26. The van der Waals surface area contributed by atoms with Gasteiger partial charge >= 0.3 is 0 Å². The Labute approximate surface area is 117 Å². The van der Waals surface area contributed by atoms with Crippen LogP contribution < -0.4 is 4.74 Å². The smallest absolute Gasteiger partial charge is 0.130 e. The number of aromatic nitrogens is 2. The second-order valence-corrected chi connectivity index (χ2v) is 4.74. The summed E-state index contributed by atoms with van der Waals surface area (Å²) in [7, 11) is 0. The highest BCUT2D eigenvalue weighted by molar-refractivity contribution is 5.35. The molecule has 4 nitrogen and oxygen atoms in total. The fraction of sp³-hybridized carbons (Fsp3) is 0.400. The minimum atomic E-state index is -0.779. The lowest BCUT2D eigenvalue weighted by molar-refractivity contribution is 0.188. The highest BCUT2D eigenvalue weighted by atomic mass is 19.1. The van der Waals surface area contributed by atoms with Gasteiger partial charge in [-0.25, -0.2) is 4.39 Å². The van der Waals surface area contributed by atoms with E-state index in [1.54, 1.807) is 6.92 Å². The van der Waals surface area contributed by atoms with Crippen molar-refractivity contribution in [3.05, 3.63) is 47.0 Å². The van der Waals surface area contributed by atoms with Crippen molar-refractivity contribution in [3.63, 3.8) is 0 Å². The van der Waals surface area contributed by atoms with Gasteiger partial charge in [-0.2, -0.15) is 5.10 Å². The number of hydrogen-bond acceptors (Lipinski definition) is 3. The van der Waals surface area contributed by atoms with Gasteiger partial charge in [0, 0.05) is 12.1 Å². The van der Waals surface area contributed by atoms with Crippen LogP contribution in [-0.4, -0.2) is 14.9 Å². The third kappa shape index (κ3) is 3.17. The van der Waals surface area contributed by atoms with E-state index in [-0.39, 0.29) is 5.82 Å². The van der Waals surface area contributed by atoms with Crippen molar-refractivity contribution in [1.29, 1.82) is 0 Å². The zero-order chi connectivity index (χ0) is 14.7. The Morgan fingerprint density at radius 1 is 1.40 bits per heavy atom. The van der Waals surface area contributed by atoms with E-state index in [9.17, 15) is 9.50 Å². The normalized spacial score (nSPS) is 12.4. The molecule has 1 heterocycles. The fourth-order valence-corrected chi connectivity index (χ4v) is 2.12. The maximum absolute atomic E-state index is 13.2. The van der Waals surface area contributed by atoms with Gasteiger partial charge in [-0.05, 0) is 45.0 Å². The van der Waals surface area contributed by atoms with E-state index >= 15 is 0 Å². The van der Waals surface area contributed by atoms with E-state index in [1.165, 1.54) is 18.2 Å². The van der Waals surface area contributed by atoms with Crippen molar-refractivity contribution in [2.45, 2.75) is 40.0 Å². The van der Waals surface area contributed by atoms with Gasteiger partial charge in [0.15, 0.2) is 0 Å². The van der Waals surface area contributed by atoms with E-state index < -0.39 is 6.10 Å². The van der Waals surface area contributed by atoms with Crippen molar-refractivity contribution in [2.75, 3.05) is 0 Å². The van der Waals surface area contributed by atoms with Gasteiger partial charge in [-0.15, -0.1) is 0 Å². The average Bonchev–Trinajstić information content (AvgIpc) is 2.77. The Hall–Kier alpha value is -1.88. The van der Waals surface area contributed by atoms with Crippen molar-refractivity contribution < 1.29 is 14.2 Å². The molecular formula is C15H19FN2O2. The predicted molar refractivity (Wildman–Crippen MR) is 74.0 cm³/mol. The molecule has 2 aromatic rings. The monoisotopic (exact) mass is 278 g/mol. The van der Waals surface area contributed by atoms with Crippen molar-refractivity contribution >= 4 is 0 Å². The number of aliphatic hydroxyl groups excluding tert-OH is 1. The summed E-state index contributed by atoms with van der Waals surface area (Å²) < 4.78 is 20.8. The van der Waals surface area contributed by atoms with Crippen molar-refractivity contribution in [1.82, 2.24) is 9.78 Å². The molecule has 20 heavy (non-hydrogen) atoms. The number of nitrogens with zero attached hydrogens (tertiary/aromatic N) is 2. The molecule has 0 saturated carbocycles. The first kappa shape index (κ1) is 14.5. The molecule has 2 rings (SSSR count). The van der Waals surface area contributed by atoms with E-state index in [0.717, 1.165) is 17.9 Å². The summed E-state index contributed by atoms with van der Waals surface area (Å²) in [5, 5.41) is 14.0. The lowest BCUT2D eigenvalue weighted by Crippen LogP contribution is -2.07. The van der Waals surface area contributed by atoms with Crippen LogP contribution in [0.2, 0.25) is 0 Å². The number of ether oxygens (including phenoxy) is 1. The van der Waals surface area contributed by atoms with Crippen LogP contribution in [0.3, 0.4) is 0 Å². The first-order chi connectivity index (χ1) is 9.51. The van der Waals surface area contributed by atoms with Crippen LogP contribution in [0, 0.1) is 12.7 Å². The Balaban J connectivity index is 2.18. The molecule has 0 unspecified atom stereocenters. The fourth-order valence-electron chi connectivity index (χ4n) is 2.12. The molecule has 1 atom stereocenters. The second kappa shape index (κ2) is 6.05. The van der Waals surface area contributed by atoms with Gasteiger partial charge in [-0.3, -0.25) is 4.68 Å². The second-order valence-electron chi connectivity index (χ2n) is 4.74. The number of halogens is 1. The number of hydrogen-bond donors (Lipinski definition) is 1. The summed E-state index contributed by atoms with van der Waals surface area (Å²) >= 11 is 0. The lowest BCUT2D eigenvalue weighted by Gasteiger charge is -2.14. The minimum Gasteiger partial charge on any atom is -0.487 e. The summed E-state index contributed by atoms with van der Waals surface area (Å²) in [6.45, 7) is 6.62. The van der Waals surface area contributed by atoms with Crippen LogP contribution in [0.4, 0.5) is 4.39 Å². The van der Waals surface area contributed by atoms with Gasteiger partial charge in [0.05, 0.1) is 17.5 Å². The van der Waals surface area contributed by atoms with Gasteiger partial charge in [-0.1, -0.05) is 0 Å². The third-order valence-corrected chi connectivity index (χ3v) is 3.08. The summed E-state index contributed by atoms with van der Waals surface area (Å²) in [5.41, 5.74) is 2.33. The van der Waals surface area contributed by atoms with Crippen LogP contribution in [-0.2, 0) is 13.2 Å². The van der Waals surface area contributed by atoms with Gasteiger partial charge in [0.25, 0.3) is 0 Å². The van der Waals surface area contributed by atoms with E-state index in [2.05, 4.69) is 5.10 Å². The SMILES string of the molecule is CCn1nc(C)cc1COc1ccc(F)cc1[C@@H](C)O. The molecule has 1 aromatic carbocycles. The van der Waals surface area contributed by atoms with Crippen LogP contribution in [0.5, 0.6) is 5.75 Å². The number of aliphatic hydroxyl groups is 1. The molecule has 0 aliphatic carbocycles. The Bertz CT molecular complexity index is 594. The van der Waals surface area contributed by atoms with Crippen LogP contribution >= 0.6 is 0 Å². The molecule has 5 heteroatoms. The molecule has 0 saturated heterocycles. The average molecular weight is 278 g/mol. The van der Waals surface area contributed by atoms with Gasteiger partial charge in [0.1, 0.15) is 18.2 Å². The Morgan fingerprint density at radius 3 is 2.80 bits per heavy atom. The van der Waals surface area contributed by atoms with E-state index in [4.69, 9.17) is 4.74 Å². The predicted octanol–water partition coefficient (Wildman–Crippen LogP) is 2.98. The zero-order valence-corrected chi connectivity index (χ0v) is 11.9.